The molecule has 1 atom stereocenters. The minimum absolute atomic E-state index is 0.114. The number of benzene rings is 1. The number of hydrogen-bond donors (Lipinski definition) is 0. The van der Waals surface area contributed by atoms with Gasteiger partial charge in [-0.15, -0.1) is 11.3 Å². The van der Waals surface area contributed by atoms with Crippen LogP contribution in [0.2, 0.25) is 0 Å². The van der Waals surface area contributed by atoms with Gasteiger partial charge in [0.05, 0.1) is 6.54 Å². The first kappa shape index (κ1) is 19.3. The Balaban J connectivity index is 1.23. The van der Waals surface area contributed by atoms with Crippen LogP contribution in [-0.2, 0) is 4.74 Å². The van der Waals surface area contributed by atoms with E-state index < -0.39 is 0 Å². The predicted molar refractivity (Wildman–Crippen MR) is 121 cm³/mol. The molecule has 0 unspecified atom stereocenters. The molecule has 6 heterocycles. The fourth-order valence-electron chi connectivity index (χ4n) is 5.72. The van der Waals surface area contributed by atoms with Crippen LogP contribution in [-0.4, -0.2) is 66.7 Å². The molecule has 162 valence electrons. The first-order valence-corrected chi connectivity index (χ1v) is 12.2. The van der Waals surface area contributed by atoms with Crippen LogP contribution in [0.15, 0.2) is 36.4 Å². The Hall–Kier alpha value is -2.38. The standard InChI is InChI=1S/C24H27N3O3S/c28-22(26-10-1-2-11-26)18-5-3-4-17(14-18)20-6-7-21(31-20)27-16-24(30-23(27)29)15-25-12-8-19(24)9-13-25/h3-7,14,19H,1-2,8-13,15-16H2/t24-/m0/s1. The summed E-state index contributed by atoms with van der Waals surface area (Å²) in [5.41, 5.74) is 1.41. The molecule has 1 aromatic heterocycles. The third-order valence-electron chi connectivity index (χ3n) is 7.40. The first-order valence-electron chi connectivity index (χ1n) is 11.3. The van der Waals surface area contributed by atoms with E-state index >= 15 is 0 Å². The average Bonchev–Trinajstić information content (AvgIpc) is 3.55. The first-order chi connectivity index (χ1) is 15.1. The van der Waals surface area contributed by atoms with Gasteiger partial charge in [0.1, 0.15) is 10.6 Å². The van der Waals surface area contributed by atoms with Crippen LogP contribution < -0.4 is 4.90 Å². The molecule has 0 saturated carbocycles. The van der Waals surface area contributed by atoms with E-state index in [2.05, 4.69) is 4.90 Å². The molecular formula is C24H27N3O3S. The van der Waals surface area contributed by atoms with Crippen molar-refractivity contribution in [1.29, 1.82) is 0 Å². The van der Waals surface area contributed by atoms with Gasteiger partial charge in [0.2, 0.25) is 0 Å². The Morgan fingerprint density at radius 3 is 2.58 bits per heavy atom. The topological polar surface area (TPSA) is 53.1 Å². The van der Waals surface area contributed by atoms with Gasteiger partial charge in [0.25, 0.3) is 5.91 Å². The highest BCUT2D eigenvalue weighted by Crippen LogP contribution is 2.45. The van der Waals surface area contributed by atoms with E-state index in [-0.39, 0.29) is 17.6 Å². The third kappa shape index (κ3) is 3.26. The lowest BCUT2D eigenvalue weighted by Gasteiger charge is -2.49. The molecule has 5 aliphatic rings. The van der Waals surface area contributed by atoms with Crippen LogP contribution >= 0.6 is 11.3 Å². The lowest BCUT2D eigenvalue weighted by molar-refractivity contribution is -0.0881. The lowest BCUT2D eigenvalue weighted by atomic mass is 9.75. The van der Waals surface area contributed by atoms with Crippen molar-refractivity contribution < 1.29 is 14.3 Å². The van der Waals surface area contributed by atoms with Crippen LogP contribution in [0, 0.1) is 5.92 Å². The van der Waals surface area contributed by atoms with Crippen molar-refractivity contribution in [2.24, 2.45) is 5.92 Å². The molecule has 5 aliphatic heterocycles. The maximum absolute atomic E-state index is 12.8. The second-order valence-electron chi connectivity index (χ2n) is 9.29. The van der Waals surface area contributed by atoms with E-state index in [0.29, 0.717) is 12.5 Å². The lowest BCUT2D eigenvalue weighted by Crippen LogP contribution is -2.61. The van der Waals surface area contributed by atoms with Crippen LogP contribution in [0.25, 0.3) is 10.4 Å². The second kappa shape index (κ2) is 7.35. The minimum Gasteiger partial charge on any atom is -0.439 e. The Labute approximate surface area is 186 Å². The van der Waals surface area contributed by atoms with E-state index in [1.165, 1.54) is 0 Å². The smallest absolute Gasteiger partial charge is 0.415 e. The van der Waals surface area contributed by atoms with Gasteiger partial charge in [-0.3, -0.25) is 14.6 Å². The molecular weight excluding hydrogens is 410 g/mol. The zero-order valence-corrected chi connectivity index (χ0v) is 18.4. The van der Waals surface area contributed by atoms with E-state index in [0.717, 1.165) is 79.4 Å². The van der Waals surface area contributed by atoms with Gasteiger partial charge in [-0.1, -0.05) is 12.1 Å². The van der Waals surface area contributed by atoms with Crippen LogP contribution in [0.3, 0.4) is 0 Å². The number of amides is 2. The van der Waals surface area contributed by atoms with Gasteiger partial charge in [0.15, 0.2) is 0 Å². The summed E-state index contributed by atoms with van der Waals surface area (Å²) < 4.78 is 6.02. The highest BCUT2D eigenvalue weighted by Gasteiger charge is 2.55. The molecule has 1 spiro atoms. The summed E-state index contributed by atoms with van der Waals surface area (Å²) in [6, 6.07) is 11.9. The molecule has 0 radical (unpaired) electrons. The summed E-state index contributed by atoms with van der Waals surface area (Å²) in [4.78, 5) is 32.8. The molecule has 1 aromatic carbocycles. The molecule has 2 amide bonds. The molecule has 5 fully saturated rings. The Bertz CT molecular complexity index is 1020. The predicted octanol–water partition coefficient (Wildman–Crippen LogP) is 4.07. The maximum Gasteiger partial charge on any atom is 0.415 e. The number of likely N-dealkylation sites (tertiary alicyclic amines) is 1. The Morgan fingerprint density at radius 2 is 1.84 bits per heavy atom. The van der Waals surface area contributed by atoms with Crippen molar-refractivity contribution >= 4 is 28.3 Å². The van der Waals surface area contributed by atoms with Crippen molar-refractivity contribution in [3.05, 3.63) is 42.0 Å². The average molecular weight is 438 g/mol. The number of anilines is 1. The molecule has 7 heteroatoms. The van der Waals surface area contributed by atoms with Crippen molar-refractivity contribution in [1.82, 2.24) is 9.80 Å². The van der Waals surface area contributed by atoms with Crippen LogP contribution in [0.5, 0.6) is 0 Å². The Morgan fingerprint density at radius 1 is 1.03 bits per heavy atom. The third-order valence-corrected chi connectivity index (χ3v) is 8.56. The van der Waals surface area contributed by atoms with Gasteiger partial charge in [0, 0.05) is 36.0 Å². The van der Waals surface area contributed by atoms with Crippen molar-refractivity contribution in [2.75, 3.05) is 44.2 Å². The monoisotopic (exact) mass is 437 g/mol. The largest absolute Gasteiger partial charge is 0.439 e. The second-order valence-corrected chi connectivity index (χ2v) is 10.3. The van der Waals surface area contributed by atoms with Gasteiger partial charge in [-0.05, 0) is 68.6 Å². The number of carbonyl (C=O) groups excluding carboxylic acids is 2. The van der Waals surface area contributed by atoms with Crippen molar-refractivity contribution in [3.63, 3.8) is 0 Å². The van der Waals surface area contributed by atoms with Crippen molar-refractivity contribution in [2.45, 2.75) is 31.3 Å². The number of rotatable bonds is 3. The summed E-state index contributed by atoms with van der Waals surface area (Å²) in [6.07, 6.45) is 4.20. The van der Waals surface area contributed by atoms with E-state index in [1.54, 1.807) is 11.3 Å². The number of ether oxygens (including phenoxy) is 1. The summed E-state index contributed by atoms with van der Waals surface area (Å²) in [5.74, 6) is 0.586. The number of nitrogens with zero attached hydrogens (tertiary/aromatic N) is 3. The fourth-order valence-corrected chi connectivity index (χ4v) is 6.71. The molecule has 31 heavy (non-hydrogen) atoms. The molecule has 6 nitrogen and oxygen atoms in total. The van der Waals surface area contributed by atoms with Gasteiger partial charge in [-0.2, -0.15) is 0 Å². The molecule has 7 rings (SSSR count). The highest BCUT2D eigenvalue weighted by atomic mass is 32.1. The highest BCUT2D eigenvalue weighted by molar-refractivity contribution is 7.19. The van der Waals surface area contributed by atoms with Crippen LogP contribution in [0.4, 0.5) is 9.80 Å². The maximum atomic E-state index is 12.8. The Kier molecular flexibility index (Phi) is 4.58. The molecule has 2 aromatic rings. The fraction of sp³-hybridized carbons (Fsp3) is 0.500. The minimum atomic E-state index is -0.347. The SMILES string of the molecule is O=C(c1cccc(-c2ccc(N3C[C@]4(CN5CCC4CC5)OC3=O)s2)c1)N1CCCC1. The normalized spacial score (nSPS) is 29.7. The molecule has 0 aliphatic carbocycles. The number of hydrogen-bond acceptors (Lipinski definition) is 5. The number of thiophene rings is 1. The quantitative estimate of drug-likeness (QED) is 0.726. The summed E-state index contributed by atoms with van der Waals surface area (Å²) >= 11 is 1.59. The summed E-state index contributed by atoms with van der Waals surface area (Å²) in [7, 11) is 0. The molecule has 5 saturated heterocycles. The molecule has 2 bridgehead atoms. The van der Waals surface area contributed by atoms with E-state index in [4.69, 9.17) is 4.74 Å². The number of piperidine rings is 3. The van der Waals surface area contributed by atoms with E-state index in [1.807, 2.05) is 46.2 Å². The van der Waals surface area contributed by atoms with E-state index in [9.17, 15) is 9.59 Å². The van der Waals surface area contributed by atoms with Crippen molar-refractivity contribution in [3.8, 4) is 10.4 Å². The van der Waals surface area contributed by atoms with Crippen LogP contribution in [0.1, 0.15) is 36.0 Å². The molecule has 0 N–H and O–H groups in total. The zero-order valence-electron chi connectivity index (χ0n) is 17.6. The van der Waals surface area contributed by atoms with Gasteiger partial charge >= 0.3 is 6.09 Å². The summed E-state index contributed by atoms with van der Waals surface area (Å²) in [6.45, 7) is 5.45. The zero-order chi connectivity index (χ0) is 21.0. The van der Waals surface area contributed by atoms with Gasteiger partial charge in [-0.25, -0.2) is 4.79 Å². The number of carbonyl (C=O) groups is 2. The summed E-state index contributed by atoms with van der Waals surface area (Å²) in [5, 5.41) is 0.921. The number of fused-ring (bicyclic) bond motifs is 2. The van der Waals surface area contributed by atoms with Gasteiger partial charge < -0.3 is 9.64 Å².